The molecule has 1 heterocycles. The summed E-state index contributed by atoms with van der Waals surface area (Å²) in [5, 5.41) is -0.311. The van der Waals surface area contributed by atoms with Gasteiger partial charge in [0.25, 0.3) is 11.1 Å². The van der Waals surface area contributed by atoms with Crippen LogP contribution in [-0.2, 0) is 11.3 Å². The van der Waals surface area contributed by atoms with Crippen molar-refractivity contribution in [3.8, 4) is 11.5 Å². The topological polar surface area (TPSA) is 55.8 Å². The van der Waals surface area contributed by atoms with Gasteiger partial charge in [0, 0.05) is 10.6 Å². The van der Waals surface area contributed by atoms with Crippen LogP contribution in [0.3, 0.4) is 0 Å². The summed E-state index contributed by atoms with van der Waals surface area (Å²) in [5.41, 5.74) is 0.786. The molecule has 3 rings (SSSR count). The number of carbonyl (C=O) groups is 2. The minimum Gasteiger partial charge on any atom is -0.493 e. The second-order valence-corrected chi connectivity index (χ2v) is 8.12. The molecule has 0 aliphatic carbocycles. The third kappa shape index (κ3) is 4.79. The first kappa shape index (κ1) is 22.2. The van der Waals surface area contributed by atoms with Crippen molar-refractivity contribution in [3.63, 3.8) is 0 Å². The number of methoxy groups -OCH3 is 1. The molecule has 1 atom stereocenters. The largest absolute Gasteiger partial charge is 0.493 e. The Labute approximate surface area is 183 Å². The van der Waals surface area contributed by atoms with Crippen molar-refractivity contribution in [2.45, 2.75) is 32.9 Å². The molecular weight excluding hydrogens is 429 g/mol. The summed E-state index contributed by atoms with van der Waals surface area (Å²) in [5.74, 6) is 0.0723. The normalized spacial score (nSPS) is 16.3. The van der Waals surface area contributed by atoms with Crippen molar-refractivity contribution in [3.05, 3.63) is 63.3 Å². The summed E-state index contributed by atoms with van der Waals surface area (Å²) in [6, 6.07) is 9.51. The zero-order chi connectivity index (χ0) is 21.8. The van der Waals surface area contributed by atoms with Gasteiger partial charge < -0.3 is 9.47 Å². The number of carbonyl (C=O) groups excluding carboxylic acids is 2. The van der Waals surface area contributed by atoms with Crippen molar-refractivity contribution in [2.75, 3.05) is 7.11 Å². The highest BCUT2D eigenvalue weighted by atomic mass is 35.5. The molecule has 2 aromatic rings. The fraction of sp³-hybridized carbons (Fsp3) is 0.273. The average molecular weight is 450 g/mol. The molecule has 2 aromatic carbocycles. The molecule has 5 nitrogen and oxygen atoms in total. The lowest BCUT2D eigenvalue weighted by atomic mass is 10.1. The van der Waals surface area contributed by atoms with Crippen LogP contribution in [0, 0.1) is 5.82 Å². The monoisotopic (exact) mass is 449 g/mol. The fourth-order valence-electron chi connectivity index (χ4n) is 2.80. The van der Waals surface area contributed by atoms with E-state index in [1.165, 1.54) is 25.3 Å². The molecule has 0 saturated carbocycles. The van der Waals surface area contributed by atoms with Crippen LogP contribution in [0.25, 0.3) is 6.08 Å². The predicted molar refractivity (Wildman–Crippen MR) is 116 cm³/mol. The van der Waals surface area contributed by atoms with E-state index in [1.54, 1.807) is 24.3 Å². The highest BCUT2D eigenvalue weighted by Crippen LogP contribution is 2.36. The molecule has 1 aliphatic heterocycles. The van der Waals surface area contributed by atoms with E-state index in [4.69, 9.17) is 21.1 Å². The van der Waals surface area contributed by atoms with Crippen LogP contribution in [0.2, 0.25) is 5.02 Å². The van der Waals surface area contributed by atoms with Crippen LogP contribution in [-0.4, -0.2) is 29.3 Å². The maximum atomic E-state index is 14.1. The summed E-state index contributed by atoms with van der Waals surface area (Å²) in [7, 11) is 1.54. The number of halogens is 2. The summed E-state index contributed by atoms with van der Waals surface area (Å²) in [6.07, 6.45) is 2.49. The molecule has 1 aliphatic rings. The molecule has 1 fully saturated rings. The van der Waals surface area contributed by atoms with Gasteiger partial charge in [-0.3, -0.25) is 14.5 Å². The van der Waals surface area contributed by atoms with Gasteiger partial charge in [-0.15, -0.1) is 0 Å². The van der Waals surface area contributed by atoms with Crippen LogP contribution in [0.15, 0.2) is 41.3 Å². The molecule has 2 amide bonds. The molecule has 8 heteroatoms. The van der Waals surface area contributed by atoms with Gasteiger partial charge in [0.05, 0.1) is 24.7 Å². The third-order valence-electron chi connectivity index (χ3n) is 4.64. The van der Waals surface area contributed by atoms with E-state index in [0.29, 0.717) is 17.1 Å². The molecular formula is C22H21ClFNO4S. The Morgan fingerprint density at radius 1 is 1.23 bits per heavy atom. The Morgan fingerprint density at radius 3 is 2.67 bits per heavy atom. The smallest absolute Gasteiger partial charge is 0.293 e. The first-order valence-corrected chi connectivity index (χ1v) is 10.6. The van der Waals surface area contributed by atoms with Gasteiger partial charge in [0.15, 0.2) is 11.5 Å². The van der Waals surface area contributed by atoms with Crippen molar-refractivity contribution in [1.29, 1.82) is 0 Å². The number of benzene rings is 2. The predicted octanol–water partition coefficient (Wildman–Crippen LogP) is 5.90. The number of nitrogens with zero attached hydrogens (tertiary/aromatic N) is 1. The third-order valence-corrected chi connectivity index (χ3v) is 5.90. The SMILES string of the molecule is CC[C@@H](C)Oc1ccc(/C=C2\SC(=O)N(Cc3c(F)cccc3Cl)C2=O)cc1OC. The molecule has 30 heavy (non-hydrogen) atoms. The van der Waals surface area contributed by atoms with Crippen LogP contribution in [0.5, 0.6) is 11.5 Å². The van der Waals surface area contributed by atoms with Crippen LogP contribution in [0.4, 0.5) is 9.18 Å². The number of thioether (sulfide) groups is 1. The van der Waals surface area contributed by atoms with Gasteiger partial charge in [-0.25, -0.2) is 4.39 Å². The quantitative estimate of drug-likeness (QED) is 0.492. The Morgan fingerprint density at radius 2 is 2.00 bits per heavy atom. The van der Waals surface area contributed by atoms with Crippen molar-refractivity contribution in [2.24, 2.45) is 0 Å². The van der Waals surface area contributed by atoms with E-state index in [9.17, 15) is 14.0 Å². The first-order valence-electron chi connectivity index (χ1n) is 9.37. The van der Waals surface area contributed by atoms with Crippen molar-refractivity contribution in [1.82, 2.24) is 4.90 Å². The van der Waals surface area contributed by atoms with Gasteiger partial charge in [-0.1, -0.05) is 30.7 Å². The molecule has 0 bridgehead atoms. The lowest BCUT2D eigenvalue weighted by Crippen LogP contribution is -2.28. The molecule has 0 radical (unpaired) electrons. The van der Waals surface area contributed by atoms with Crippen LogP contribution in [0.1, 0.15) is 31.4 Å². The summed E-state index contributed by atoms with van der Waals surface area (Å²) in [4.78, 5) is 26.3. The molecule has 158 valence electrons. The van der Waals surface area contributed by atoms with E-state index in [2.05, 4.69) is 0 Å². The zero-order valence-electron chi connectivity index (χ0n) is 16.8. The van der Waals surface area contributed by atoms with Gasteiger partial charge in [-0.2, -0.15) is 0 Å². The lowest BCUT2D eigenvalue weighted by molar-refractivity contribution is -0.123. The fourth-order valence-corrected chi connectivity index (χ4v) is 3.86. The standard InChI is InChI=1S/C22H21ClFNO4S/c1-4-13(2)29-18-9-8-14(10-19(18)28-3)11-20-21(26)25(22(27)30-20)12-15-16(23)6-5-7-17(15)24/h5-11,13H,4,12H2,1-3H3/b20-11-/t13-/m1/s1. The van der Waals surface area contributed by atoms with E-state index in [-0.39, 0.29) is 28.1 Å². The molecule has 0 aromatic heterocycles. The van der Waals surface area contributed by atoms with Gasteiger partial charge in [-0.05, 0) is 61.0 Å². The summed E-state index contributed by atoms with van der Waals surface area (Å²) in [6.45, 7) is 3.76. The van der Waals surface area contributed by atoms with Crippen LogP contribution < -0.4 is 9.47 Å². The number of hydrogen-bond donors (Lipinski definition) is 0. The van der Waals surface area contributed by atoms with Crippen LogP contribution >= 0.6 is 23.4 Å². The Hall–Kier alpha value is -2.51. The molecule has 0 N–H and O–H groups in total. The first-order chi connectivity index (χ1) is 14.3. The molecule has 0 spiro atoms. The summed E-state index contributed by atoms with van der Waals surface area (Å²) < 4.78 is 25.3. The lowest BCUT2D eigenvalue weighted by Gasteiger charge is -2.16. The van der Waals surface area contributed by atoms with E-state index in [0.717, 1.165) is 23.1 Å². The minimum absolute atomic E-state index is 0.0338. The van der Waals surface area contributed by atoms with Gasteiger partial charge in [0.1, 0.15) is 5.82 Å². The second kappa shape index (κ2) is 9.53. The number of amides is 2. The van der Waals surface area contributed by atoms with E-state index < -0.39 is 17.0 Å². The van der Waals surface area contributed by atoms with E-state index >= 15 is 0 Å². The van der Waals surface area contributed by atoms with Crippen molar-refractivity contribution >= 4 is 40.6 Å². The Bertz CT molecular complexity index is 990. The minimum atomic E-state index is -0.563. The van der Waals surface area contributed by atoms with Gasteiger partial charge >= 0.3 is 0 Å². The average Bonchev–Trinajstić information content (AvgIpc) is 2.98. The highest BCUT2D eigenvalue weighted by Gasteiger charge is 2.36. The molecule has 0 unspecified atom stereocenters. The Balaban J connectivity index is 1.83. The maximum Gasteiger partial charge on any atom is 0.293 e. The van der Waals surface area contributed by atoms with Crippen molar-refractivity contribution < 1.29 is 23.5 Å². The number of ether oxygens (including phenoxy) is 2. The van der Waals surface area contributed by atoms with E-state index in [1.807, 2.05) is 13.8 Å². The zero-order valence-corrected chi connectivity index (χ0v) is 18.3. The molecule has 1 saturated heterocycles. The van der Waals surface area contributed by atoms with Gasteiger partial charge in [0.2, 0.25) is 0 Å². The highest BCUT2D eigenvalue weighted by molar-refractivity contribution is 8.18. The maximum absolute atomic E-state index is 14.1. The Kier molecular flexibility index (Phi) is 7.05. The number of rotatable bonds is 7. The number of hydrogen-bond acceptors (Lipinski definition) is 5. The number of imide groups is 1. The second-order valence-electron chi connectivity index (χ2n) is 6.72. The summed E-state index contributed by atoms with van der Waals surface area (Å²) >= 11 is 6.83.